The molecule has 0 saturated heterocycles. The lowest BCUT2D eigenvalue weighted by molar-refractivity contribution is -0.151. The van der Waals surface area contributed by atoms with E-state index < -0.39 is 11.8 Å². The molecule has 4 nitrogen and oxygen atoms in total. The van der Waals surface area contributed by atoms with Gasteiger partial charge in [0.25, 0.3) is 0 Å². The SMILES string of the molecule is Cc1cc(C)cc(OC(=O)C2C(C(=O)Oc3cc(C)cc(C)c3)C3C=CC2C3(C)C)c1. The predicted octanol–water partition coefficient (Wildman–Crippen LogP) is 5.51. The summed E-state index contributed by atoms with van der Waals surface area (Å²) in [4.78, 5) is 26.7. The molecule has 2 aromatic rings. The highest BCUT2D eigenvalue weighted by Crippen LogP contribution is 2.60. The number of allylic oxidation sites excluding steroid dienone is 2. The lowest BCUT2D eigenvalue weighted by Gasteiger charge is -2.25. The molecule has 31 heavy (non-hydrogen) atoms. The van der Waals surface area contributed by atoms with Crippen molar-refractivity contribution in [3.63, 3.8) is 0 Å². The number of carbonyl (C=O) groups excluding carboxylic acids is 2. The third-order valence-corrected chi connectivity index (χ3v) is 6.78. The van der Waals surface area contributed by atoms with Gasteiger partial charge in [0.2, 0.25) is 0 Å². The van der Waals surface area contributed by atoms with Crippen LogP contribution >= 0.6 is 0 Å². The maximum Gasteiger partial charge on any atom is 0.315 e. The van der Waals surface area contributed by atoms with Gasteiger partial charge < -0.3 is 9.47 Å². The quantitative estimate of drug-likeness (QED) is 0.373. The first-order chi connectivity index (χ1) is 14.6. The second-order valence-corrected chi connectivity index (χ2v) is 9.80. The summed E-state index contributed by atoms with van der Waals surface area (Å²) in [6, 6.07) is 11.5. The number of ether oxygens (including phenoxy) is 2. The molecule has 0 amide bonds. The predicted molar refractivity (Wildman–Crippen MR) is 120 cm³/mol. The van der Waals surface area contributed by atoms with Crippen LogP contribution in [0.4, 0.5) is 0 Å². The van der Waals surface area contributed by atoms with Gasteiger partial charge >= 0.3 is 11.9 Å². The average molecular weight is 419 g/mol. The number of aryl methyl sites for hydroxylation is 4. The molecule has 4 unspecified atom stereocenters. The molecular weight excluding hydrogens is 388 g/mol. The molecule has 0 radical (unpaired) electrons. The maximum atomic E-state index is 13.3. The molecule has 4 heteroatoms. The van der Waals surface area contributed by atoms with Crippen molar-refractivity contribution in [1.29, 1.82) is 0 Å². The summed E-state index contributed by atoms with van der Waals surface area (Å²) in [5.74, 6) is -0.939. The van der Waals surface area contributed by atoms with Gasteiger partial charge in [0, 0.05) is 0 Å². The van der Waals surface area contributed by atoms with Crippen molar-refractivity contribution in [2.45, 2.75) is 41.5 Å². The van der Waals surface area contributed by atoms with Gasteiger partial charge in [-0.25, -0.2) is 0 Å². The molecule has 0 heterocycles. The van der Waals surface area contributed by atoms with E-state index in [9.17, 15) is 9.59 Å². The van der Waals surface area contributed by atoms with Crippen molar-refractivity contribution in [3.8, 4) is 11.5 Å². The molecule has 0 spiro atoms. The fourth-order valence-corrected chi connectivity index (χ4v) is 5.51. The number of carbonyl (C=O) groups is 2. The number of hydrogen-bond donors (Lipinski definition) is 0. The smallest absolute Gasteiger partial charge is 0.315 e. The van der Waals surface area contributed by atoms with Crippen molar-refractivity contribution >= 4 is 11.9 Å². The zero-order valence-corrected chi connectivity index (χ0v) is 19.1. The first kappa shape index (κ1) is 21.4. The highest BCUT2D eigenvalue weighted by molar-refractivity contribution is 5.87. The molecule has 0 N–H and O–H groups in total. The third-order valence-electron chi connectivity index (χ3n) is 6.78. The summed E-state index contributed by atoms with van der Waals surface area (Å²) in [6.07, 6.45) is 4.14. The third kappa shape index (κ3) is 3.91. The van der Waals surface area contributed by atoms with Crippen LogP contribution in [-0.4, -0.2) is 11.9 Å². The minimum atomic E-state index is -0.566. The van der Waals surface area contributed by atoms with Gasteiger partial charge in [0.1, 0.15) is 11.5 Å². The van der Waals surface area contributed by atoms with E-state index in [1.54, 1.807) is 0 Å². The van der Waals surface area contributed by atoms with Gasteiger partial charge in [-0.3, -0.25) is 9.59 Å². The van der Waals surface area contributed by atoms with Crippen molar-refractivity contribution in [1.82, 2.24) is 0 Å². The molecule has 1 fully saturated rings. The van der Waals surface area contributed by atoms with Crippen LogP contribution < -0.4 is 9.47 Å². The van der Waals surface area contributed by atoms with Crippen LogP contribution in [0, 0.1) is 56.8 Å². The fourth-order valence-electron chi connectivity index (χ4n) is 5.51. The van der Waals surface area contributed by atoms with Crippen LogP contribution in [0.15, 0.2) is 48.6 Å². The van der Waals surface area contributed by atoms with E-state index in [2.05, 4.69) is 26.0 Å². The van der Waals surface area contributed by atoms with Crippen LogP contribution in [0.3, 0.4) is 0 Å². The first-order valence-corrected chi connectivity index (χ1v) is 10.8. The molecular formula is C27H30O4. The van der Waals surface area contributed by atoms with E-state index in [0.29, 0.717) is 11.5 Å². The van der Waals surface area contributed by atoms with Gasteiger partial charge in [0.05, 0.1) is 11.8 Å². The fraction of sp³-hybridized carbons (Fsp3) is 0.407. The Balaban J connectivity index is 1.62. The summed E-state index contributed by atoms with van der Waals surface area (Å²) in [6.45, 7) is 12.1. The molecule has 1 saturated carbocycles. The largest absolute Gasteiger partial charge is 0.426 e. The summed E-state index contributed by atoms with van der Waals surface area (Å²) in [7, 11) is 0. The molecule has 4 rings (SSSR count). The zero-order chi connectivity index (χ0) is 22.5. The van der Waals surface area contributed by atoms with Gasteiger partial charge in [-0.05, 0) is 91.5 Å². The number of fused-ring (bicyclic) bond motifs is 2. The number of esters is 2. The molecule has 2 aliphatic carbocycles. The Bertz CT molecular complexity index is 955. The van der Waals surface area contributed by atoms with Gasteiger partial charge in [-0.2, -0.15) is 0 Å². The van der Waals surface area contributed by atoms with Crippen LogP contribution in [0.25, 0.3) is 0 Å². The Hall–Kier alpha value is -2.88. The van der Waals surface area contributed by atoms with Gasteiger partial charge in [-0.1, -0.05) is 38.1 Å². The summed E-state index contributed by atoms with van der Waals surface area (Å²) in [5, 5.41) is 0. The molecule has 2 aromatic carbocycles. The summed E-state index contributed by atoms with van der Waals surface area (Å²) in [5.41, 5.74) is 3.91. The highest BCUT2D eigenvalue weighted by atomic mass is 16.5. The normalized spacial score (nSPS) is 25.5. The van der Waals surface area contributed by atoms with Crippen molar-refractivity contribution in [2.24, 2.45) is 29.1 Å². The second kappa shape index (κ2) is 7.67. The van der Waals surface area contributed by atoms with Crippen LogP contribution in [-0.2, 0) is 9.59 Å². The van der Waals surface area contributed by atoms with E-state index in [1.165, 1.54) is 0 Å². The van der Waals surface area contributed by atoms with Crippen molar-refractivity contribution < 1.29 is 19.1 Å². The lowest BCUT2D eigenvalue weighted by atomic mass is 9.79. The van der Waals surface area contributed by atoms with E-state index in [1.807, 2.05) is 64.1 Å². The first-order valence-electron chi connectivity index (χ1n) is 10.8. The van der Waals surface area contributed by atoms with Gasteiger partial charge in [0.15, 0.2) is 0 Å². The monoisotopic (exact) mass is 418 g/mol. The van der Waals surface area contributed by atoms with E-state index in [4.69, 9.17) is 9.47 Å². The topological polar surface area (TPSA) is 52.6 Å². The molecule has 2 aliphatic rings. The number of rotatable bonds is 4. The Kier molecular flexibility index (Phi) is 5.28. The Morgan fingerprint density at radius 1 is 0.645 bits per heavy atom. The Morgan fingerprint density at radius 3 is 1.29 bits per heavy atom. The van der Waals surface area contributed by atoms with Crippen LogP contribution in [0.1, 0.15) is 36.1 Å². The number of benzene rings is 2. The van der Waals surface area contributed by atoms with Crippen LogP contribution in [0.2, 0.25) is 0 Å². The maximum absolute atomic E-state index is 13.3. The Labute approximate surface area is 184 Å². The lowest BCUT2D eigenvalue weighted by Crippen LogP contribution is -2.37. The van der Waals surface area contributed by atoms with E-state index >= 15 is 0 Å². The van der Waals surface area contributed by atoms with Gasteiger partial charge in [-0.15, -0.1) is 0 Å². The molecule has 4 atom stereocenters. The van der Waals surface area contributed by atoms with E-state index in [-0.39, 0.29) is 29.2 Å². The van der Waals surface area contributed by atoms with Crippen molar-refractivity contribution in [2.75, 3.05) is 0 Å². The minimum Gasteiger partial charge on any atom is -0.426 e. The number of hydrogen-bond acceptors (Lipinski definition) is 4. The standard InChI is InChI=1S/C27H30O4/c1-15-9-16(2)12-19(11-15)30-25(28)23-21-7-8-22(27(21,5)6)24(23)26(29)31-20-13-17(3)10-18(4)14-20/h7-14,21-24H,1-6H3. The second-order valence-electron chi connectivity index (χ2n) is 9.80. The molecule has 0 aliphatic heterocycles. The summed E-state index contributed by atoms with van der Waals surface area (Å²) >= 11 is 0. The Morgan fingerprint density at radius 2 is 0.968 bits per heavy atom. The highest BCUT2D eigenvalue weighted by Gasteiger charge is 2.62. The molecule has 0 aromatic heterocycles. The van der Waals surface area contributed by atoms with Crippen molar-refractivity contribution in [3.05, 3.63) is 70.8 Å². The van der Waals surface area contributed by atoms with Crippen LogP contribution in [0.5, 0.6) is 11.5 Å². The average Bonchev–Trinajstić information content (AvgIpc) is 3.05. The summed E-state index contributed by atoms with van der Waals surface area (Å²) < 4.78 is 11.6. The zero-order valence-electron chi connectivity index (χ0n) is 19.1. The molecule has 162 valence electrons. The minimum absolute atomic E-state index is 0.0623. The molecule has 2 bridgehead atoms. The van der Waals surface area contributed by atoms with E-state index in [0.717, 1.165) is 22.3 Å².